The van der Waals surface area contributed by atoms with Gasteiger partial charge in [0.25, 0.3) is 5.91 Å². The van der Waals surface area contributed by atoms with E-state index in [-0.39, 0.29) is 11.9 Å². The summed E-state index contributed by atoms with van der Waals surface area (Å²) in [7, 11) is 1.66. The summed E-state index contributed by atoms with van der Waals surface area (Å²) in [6.07, 6.45) is 0. The van der Waals surface area contributed by atoms with E-state index in [4.69, 9.17) is 10.5 Å². The average Bonchev–Trinajstić information content (AvgIpc) is 3.16. The molecule has 1 aromatic carbocycles. The molecule has 1 saturated heterocycles. The number of thiophene rings is 1. The molecular formula is C19H24N4O3S. The number of benzene rings is 1. The first-order chi connectivity index (χ1) is 13.0. The number of rotatable bonds is 6. The zero-order chi connectivity index (χ0) is 19.4. The van der Waals surface area contributed by atoms with E-state index in [1.165, 1.54) is 11.3 Å². The Kier molecular flexibility index (Phi) is 5.98. The van der Waals surface area contributed by atoms with Crippen LogP contribution in [0.25, 0.3) is 0 Å². The van der Waals surface area contributed by atoms with Crippen LogP contribution < -0.4 is 20.7 Å². The predicted molar refractivity (Wildman–Crippen MR) is 108 cm³/mol. The maximum Gasteiger partial charge on any atom is 0.251 e. The Morgan fingerprint density at radius 1 is 1.15 bits per heavy atom. The minimum Gasteiger partial charge on any atom is -0.497 e. The fourth-order valence-electron chi connectivity index (χ4n) is 3.14. The van der Waals surface area contributed by atoms with Gasteiger partial charge in [-0.1, -0.05) is 0 Å². The van der Waals surface area contributed by atoms with Crippen LogP contribution in [0.4, 0.5) is 10.7 Å². The molecule has 8 heteroatoms. The molecule has 1 aliphatic heterocycles. The van der Waals surface area contributed by atoms with Crippen molar-refractivity contribution < 1.29 is 14.3 Å². The van der Waals surface area contributed by atoms with Gasteiger partial charge in [0.2, 0.25) is 5.91 Å². The van der Waals surface area contributed by atoms with Gasteiger partial charge in [-0.3, -0.25) is 14.5 Å². The Labute approximate surface area is 162 Å². The topological polar surface area (TPSA) is 87.9 Å². The number of amides is 2. The van der Waals surface area contributed by atoms with Crippen LogP contribution in [-0.2, 0) is 4.79 Å². The van der Waals surface area contributed by atoms with E-state index in [0.717, 1.165) is 37.6 Å². The van der Waals surface area contributed by atoms with E-state index in [9.17, 15) is 9.59 Å². The van der Waals surface area contributed by atoms with Crippen molar-refractivity contribution >= 4 is 33.8 Å². The lowest BCUT2D eigenvalue weighted by Gasteiger charge is -2.38. The van der Waals surface area contributed by atoms with Gasteiger partial charge in [-0.25, -0.2) is 0 Å². The number of hydrogen-bond donors (Lipinski definition) is 2. The molecule has 7 nitrogen and oxygen atoms in total. The second-order valence-corrected chi connectivity index (χ2v) is 7.33. The number of primary amides is 1. The summed E-state index contributed by atoms with van der Waals surface area (Å²) < 4.78 is 5.20. The summed E-state index contributed by atoms with van der Waals surface area (Å²) >= 11 is 1.30. The number of methoxy groups -OCH3 is 1. The Bertz CT molecular complexity index is 798. The van der Waals surface area contributed by atoms with Crippen molar-refractivity contribution in [1.82, 2.24) is 4.90 Å². The molecule has 0 radical (unpaired) electrons. The van der Waals surface area contributed by atoms with Crippen molar-refractivity contribution in [3.05, 3.63) is 41.3 Å². The van der Waals surface area contributed by atoms with Crippen LogP contribution in [0.5, 0.6) is 5.75 Å². The molecule has 144 valence electrons. The smallest absolute Gasteiger partial charge is 0.251 e. The van der Waals surface area contributed by atoms with E-state index < -0.39 is 5.91 Å². The van der Waals surface area contributed by atoms with Gasteiger partial charge in [0.15, 0.2) is 0 Å². The molecule has 3 rings (SSSR count). The summed E-state index contributed by atoms with van der Waals surface area (Å²) in [4.78, 5) is 28.4. The van der Waals surface area contributed by atoms with Crippen LogP contribution in [0.15, 0.2) is 35.7 Å². The van der Waals surface area contributed by atoms with Gasteiger partial charge in [0.1, 0.15) is 10.8 Å². The zero-order valence-electron chi connectivity index (χ0n) is 15.5. The number of carbonyl (C=O) groups excluding carboxylic acids is 2. The first-order valence-electron chi connectivity index (χ1n) is 8.81. The second-order valence-electron chi connectivity index (χ2n) is 6.41. The van der Waals surface area contributed by atoms with Crippen molar-refractivity contribution in [1.29, 1.82) is 0 Å². The van der Waals surface area contributed by atoms with Crippen molar-refractivity contribution in [3.63, 3.8) is 0 Å². The van der Waals surface area contributed by atoms with Crippen LogP contribution in [0.3, 0.4) is 0 Å². The molecule has 3 N–H and O–H groups in total. The molecule has 0 saturated carbocycles. The van der Waals surface area contributed by atoms with E-state index in [2.05, 4.69) is 15.1 Å². The number of anilines is 2. The lowest BCUT2D eigenvalue weighted by atomic mass is 10.2. The maximum absolute atomic E-state index is 12.6. The molecule has 2 aromatic rings. The Morgan fingerprint density at radius 3 is 2.41 bits per heavy atom. The molecule has 2 heterocycles. The molecule has 0 aliphatic carbocycles. The Morgan fingerprint density at radius 2 is 1.81 bits per heavy atom. The highest BCUT2D eigenvalue weighted by Crippen LogP contribution is 2.24. The molecule has 1 atom stereocenters. The van der Waals surface area contributed by atoms with Crippen LogP contribution in [0.1, 0.15) is 17.3 Å². The lowest BCUT2D eigenvalue weighted by molar-refractivity contribution is -0.120. The lowest BCUT2D eigenvalue weighted by Crippen LogP contribution is -2.52. The number of carbonyl (C=O) groups is 2. The first kappa shape index (κ1) is 19.2. The van der Waals surface area contributed by atoms with E-state index in [0.29, 0.717) is 10.6 Å². The summed E-state index contributed by atoms with van der Waals surface area (Å²) in [5.41, 5.74) is 6.84. The molecule has 1 aliphatic rings. The monoisotopic (exact) mass is 388 g/mol. The molecule has 1 fully saturated rings. The molecule has 27 heavy (non-hydrogen) atoms. The Balaban J connectivity index is 1.55. The highest BCUT2D eigenvalue weighted by atomic mass is 32.1. The van der Waals surface area contributed by atoms with Gasteiger partial charge in [-0.15, -0.1) is 11.3 Å². The average molecular weight is 388 g/mol. The van der Waals surface area contributed by atoms with Crippen LogP contribution in [-0.4, -0.2) is 56.0 Å². The van der Waals surface area contributed by atoms with Crippen molar-refractivity contribution in [2.24, 2.45) is 5.73 Å². The number of nitrogens with one attached hydrogen (secondary N) is 1. The van der Waals surface area contributed by atoms with E-state index in [1.54, 1.807) is 18.6 Å². The van der Waals surface area contributed by atoms with Crippen molar-refractivity contribution in [2.75, 3.05) is 43.5 Å². The van der Waals surface area contributed by atoms with E-state index in [1.807, 2.05) is 31.2 Å². The van der Waals surface area contributed by atoms with Gasteiger partial charge < -0.3 is 20.7 Å². The van der Waals surface area contributed by atoms with Crippen molar-refractivity contribution in [3.8, 4) is 5.75 Å². The van der Waals surface area contributed by atoms with Crippen LogP contribution >= 0.6 is 11.3 Å². The number of nitrogens with zero attached hydrogens (tertiary/aromatic N) is 2. The van der Waals surface area contributed by atoms with Gasteiger partial charge >= 0.3 is 0 Å². The summed E-state index contributed by atoms with van der Waals surface area (Å²) in [6, 6.07) is 9.34. The fraction of sp³-hybridized carbons (Fsp3) is 0.368. The number of ether oxygens (including phenoxy) is 1. The van der Waals surface area contributed by atoms with Gasteiger partial charge in [0.05, 0.1) is 18.7 Å². The fourth-order valence-corrected chi connectivity index (χ4v) is 3.94. The molecule has 0 unspecified atom stereocenters. The third-order valence-corrected chi connectivity index (χ3v) is 5.68. The van der Waals surface area contributed by atoms with Gasteiger partial charge in [-0.05, 0) is 42.6 Å². The second kappa shape index (κ2) is 8.41. The quantitative estimate of drug-likeness (QED) is 0.790. The highest BCUT2D eigenvalue weighted by Gasteiger charge is 2.26. The number of hydrogen-bond acceptors (Lipinski definition) is 6. The van der Waals surface area contributed by atoms with Gasteiger partial charge in [-0.2, -0.15) is 0 Å². The predicted octanol–water partition coefficient (Wildman–Crippen LogP) is 2.00. The van der Waals surface area contributed by atoms with Crippen LogP contribution in [0, 0.1) is 0 Å². The van der Waals surface area contributed by atoms with Gasteiger partial charge in [0, 0.05) is 31.9 Å². The molecule has 0 bridgehead atoms. The maximum atomic E-state index is 12.6. The molecule has 1 aromatic heterocycles. The summed E-state index contributed by atoms with van der Waals surface area (Å²) in [5.74, 6) is 0.178. The zero-order valence-corrected chi connectivity index (χ0v) is 16.3. The standard InChI is InChI=1S/C19H24N4O3S/c1-13(18(25)21-19-16(17(20)24)7-12-27-19)22-8-10-23(11-9-22)14-3-5-15(26-2)6-4-14/h3-7,12-13H,8-11H2,1-2H3,(H2,20,24)(H,21,25)/t13-/m1/s1. The molecule has 2 amide bonds. The van der Waals surface area contributed by atoms with Crippen LogP contribution in [0.2, 0.25) is 0 Å². The molecular weight excluding hydrogens is 364 g/mol. The first-order valence-corrected chi connectivity index (χ1v) is 9.68. The minimum atomic E-state index is -0.535. The highest BCUT2D eigenvalue weighted by molar-refractivity contribution is 7.14. The third-order valence-electron chi connectivity index (χ3n) is 4.85. The largest absolute Gasteiger partial charge is 0.497 e. The third kappa shape index (κ3) is 4.40. The summed E-state index contributed by atoms with van der Waals surface area (Å²) in [5, 5.41) is 5.09. The van der Waals surface area contributed by atoms with E-state index >= 15 is 0 Å². The number of piperazine rings is 1. The summed E-state index contributed by atoms with van der Waals surface area (Å²) in [6.45, 7) is 5.14. The van der Waals surface area contributed by atoms with Crippen molar-refractivity contribution in [2.45, 2.75) is 13.0 Å². The SMILES string of the molecule is COc1ccc(N2CCN([C@H](C)C(=O)Nc3sccc3C(N)=O)CC2)cc1. The normalized spacial score (nSPS) is 16.0. The molecule has 0 spiro atoms. The minimum absolute atomic E-state index is 0.127. The Hall–Kier alpha value is -2.58. The number of nitrogens with two attached hydrogens (primary N) is 1.